The molecule has 0 amide bonds. The number of aromatic nitrogens is 1. The van der Waals surface area contributed by atoms with E-state index in [0.29, 0.717) is 11.6 Å². The summed E-state index contributed by atoms with van der Waals surface area (Å²) in [7, 11) is 0. The molecule has 0 bridgehead atoms. The maximum Gasteiger partial charge on any atom is 0.239 e. The zero-order chi connectivity index (χ0) is 13.5. The van der Waals surface area contributed by atoms with E-state index in [1.165, 1.54) is 12.8 Å². The third kappa shape index (κ3) is 4.09. The standard InChI is InChI=1S/C14H25N3O/c1-5-7-10-17(6-2)13-9-8-12(15)14(16-13)18-11(3)4/h8-9,11H,5-7,10,15H2,1-4H3. The number of nitrogens with zero attached hydrogens (tertiary/aromatic N) is 2. The maximum absolute atomic E-state index is 5.87. The van der Waals surface area contributed by atoms with Gasteiger partial charge in [0.15, 0.2) is 0 Å². The first kappa shape index (κ1) is 14.6. The number of pyridine rings is 1. The fourth-order valence-electron chi connectivity index (χ4n) is 1.72. The second kappa shape index (κ2) is 7.09. The van der Waals surface area contributed by atoms with Gasteiger partial charge in [-0.2, -0.15) is 4.98 Å². The van der Waals surface area contributed by atoms with Crippen LogP contribution in [0.15, 0.2) is 12.1 Å². The molecule has 4 heteroatoms. The highest BCUT2D eigenvalue weighted by atomic mass is 16.5. The average Bonchev–Trinajstić information content (AvgIpc) is 2.33. The summed E-state index contributed by atoms with van der Waals surface area (Å²) >= 11 is 0. The molecule has 1 aromatic rings. The van der Waals surface area contributed by atoms with Crippen LogP contribution in [0, 0.1) is 0 Å². The molecule has 0 aliphatic rings. The van der Waals surface area contributed by atoms with Crippen molar-refractivity contribution >= 4 is 11.5 Å². The zero-order valence-electron chi connectivity index (χ0n) is 11.9. The predicted octanol–water partition coefficient (Wildman–Crippen LogP) is 3.08. The molecule has 0 spiro atoms. The van der Waals surface area contributed by atoms with Crippen LogP contribution in [-0.4, -0.2) is 24.2 Å². The lowest BCUT2D eigenvalue weighted by Gasteiger charge is -2.23. The quantitative estimate of drug-likeness (QED) is 0.809. The molecule has 2 N–H and O–H groups in total. The molecule has 0 saturated carbocycles. The van der Waals surface area contributed by atoms with Crippen LogP contribution in [0.1, 0.15) is 40.5 Å². The number of ether oxygens (including phenoxy) is 1. The second-order valence-electron chi connectivity index (χ2n) is 4.66. The smallest absolute Gasteiger partial charge is 0.239 e. The number of anilines is 2. The minimum atomic E-state index is 0.0840. The largest absolute Gasteiger partial charge is 0.473 e. The van der Waals surface area contributed by atoms with Crippen molar-refractivity contribution in [3.63, 3.8) is 0 Å². The molecule has 0 aliphatic carbocycles. The summed E-state index contributed by atoms with van der Waals surface area (Å²) in [4.78, 5) is 6.76. The minimum absolute atomic E-state index is 0.0840. The number of hydrogen-bond donors (Lipinski definition) is 1. The van der Waals surface area contributed by atoms with E-state index in [4.69, 9.17) is 10.5 Å². The number of hydrogen-bond acceptors (Lipinski definition) is 4. The first-order valence-electron chi connectivity index (χ1n) is 6.76. The van der Waals surface area contributed by atoms with Gasteiger partial charge in [0.05, 0.1) is 11.8 Å². The Morgan fingerprint density at radius 3 is 2.61 bits per heavy atom. The van der Waals surface area contributed by atoms with Gasteiger partial charge >= 0.3 is 0 Å². The average molecular weight is 251 g/mol. The van der Waals surface area contributed by atoms with Crippen LogP contribution in [-0.2, 0) is 0 Å². The topological polar surface area (TPSA) is 51.4 Å². The highest BCUT2D eigenvalue weighted by Gasteiger charge is 2.10. The molecular weight excluding hydrogens is 226 g/mol. The fourth-order valence-corrected chi connectivity index (χ4v) is 1.72. The van der Waals surface area contributed by atoms with Crippen LogP contribution < -0.4 is 15.4 Å². The molecule has 4 nitrogen and oxygen atoms in total. The Hall–Kier alpha value is -1.45. The van der Waals surface area contributed by atoms with E-state index in [1.807, 2.05) is 26.0 Å². The molecule has 102 valence electrons. The van der Waals surface area contributed by atoms with Crippen molar-refractivity contribution in [2.75, 3.05) is 23.7 Å². The van der Waals surface area contributed by atoms with Gasteiger partial charge in [-0.1, -0.05) is 13.3 Å². The van der Waals surface area contributed by atoms with E-state index in [1.54, 1.807) is 0 Å². The van der Waals surface area contributed by atoms with Gasteiger partial charge in [-0.15, -0.1) is 0 Å². The van der Waals surface area contributed by atoms with E-state index in [9.17, 15) is 0 Å². The van der Waals surface area contributed by atoms with Gasteiger partial charge in [-0.3, -0.25) is 0 Å². The third-order valence-corrected chi connectivity index (χ3v) is 2.71. The van der Waals surface area contributed by atoms with Crippen molar-refractivity contribution in [1.82, 2.24) is 4.98 Å². The van der Waals surface area contributed by atoms with Crippen molar-refractivity contribution in [3.8, 4) is 5.88 Å². The van der Waals surface area contributed by atoms with Gasteiger partial charge in [0, 0.05) is 13.1 Å². The second-order valence-corrected chi connectivity index (χ2v) is 4.66. The fraction of sp³-hybridized carbons (Fsp3) is 0.643. The lowest BCUT2D eigenvalue weighted by molar-refractivity contribution is 0.234. The normalized spacial score (nSPS) is 10.7. The number of unbranched alkanes of at least 4 members (excludes halogenated alkanes) is 1. The van der Waals surface area contributed by atoms with E-state index in [2.05, 4.69) is 23.7 Å². The van der Waals surface area contributed by atoms with Crippen LogP contribution in [0.4, 0.5) is 11.5 Å². The summed E-state index contributed by atoms with van der Waals surface area (Å²) in [6.45, 7) is 10.2. The third-order valence-electron chi connectivity index (χ3n) is 2.71. The molecule has 0 unspecified atom stereocenters. The summed E-state index contributed by atoms with van der Waals surface area (Å²) < 4.78 is 5.62. The van der Waals surface area contributed by atoms with Gasteiger partial charge in [-0.25, -0.2) is 0 Å². The van der Waals surface area contributed by atoms with Crippen LogP contribution in [0.3, 0.4) is 0 Å². The van der Waals surface area contributed by atoms with Crippen molar-refractivity contribution < 1.29 is 4.74 Å². The van der Waals surface area contributed by atoms with Crippen LogP contribution in [0.5, 0.6) is 5.88 Å². The van der Waals surface area contributed by atoms with Crippen LogP contribution in [0.25, 0.3) is 0 Å². The Bertz CT molecular complexity index is 366. The molecule has 0 aliphatic heterocycles. The van der Waals surface area contributed by atoms with Crippen molar-refractivity contribution in [3.05, 3.63) is 12.1 Å². The molecule has 0 fully saturated rings. The van der Waals surface area contributed by atoms with E-state index >= 15 is 0 Å². The Balaban J connectivity index is 2.87. The van der Waals surface area contributed by atoms with E-state index in [-0.39, 0.29) is 6.10 Å². The highest BCUT2D eigenvalue weighted by Crippen LogP contribution is 2.24. The summed E-state index contributed by atoms with van der Waals surface area (Å²) in [6.07, 6.45) is 2.43. The molecule has 1 heterocycles. The van der Waals surface area contributed by atoms with Crippen LogP contribution >= 0.6 is 0 Å². The lowest BCUT2D eigenvalue weighted by Crippen LogP contribution is -2.25. The van der Waals surface area contributed by atoms with Crippen molar-refractivity contribution in [1.29, 1.82) is 0 Å². The maximum atomic E-state index is 5.87. The molecule has 0 aromatic carbocycles. The SMILES string of the molecule is CCCCN(CC)c1ccc(N)c(OC(C)C)n1. The summed E-state index contributed by atoms with van der Waals surface area (Å²) in [6, 6.07) is 3.83. The Kier molecular flexibility index (Phi) is 5.75. The molecule has 18 heavy (non-hydrogen) atoms. The van der Waals surface area contributed by atoms with Gasteiger partial charge in [0.25, 0.3) is 0 Å². The number of rotatable bonds is 7. The molecule has 0 saturated heterocycles. The zero-order valence-corrected chi connectivity index (χ0v) is 11.9. The van der Waals surface area contributed by atoms with Crippen molar-refractivity contribution in [2.45, 2.75) is 46.6 Å². The van der Waals surface area contributed by atoms with E-state index < -0.39 is 0 Å². The van der Waals surface area contributed by atoms with Gasteiger partial charge in [-0.05, 0) is 39.3 Å². The number of nitrogens with two attached hydrogens (primary N) is 1. The summed E-state index contributed by atoms with van der Waals surface area (Å²) in [5.74, 6) is 1.48. The van der Waals surface area contributed by atoms with E-state index in [0.717, 1.165) is 18.9 Å². The molecule has 1 rings (SSSR count). The monoisotopic (exact) mass is 251 g/mol. The summed E-state index contributed by atoms with van der Waals surface area (Å²) in [5, 5.41) is 0. The number of nitrogen functional groups attached to an aromatic ring is 1. The summed E-state index contributed by atoms with van der Waals surface area (Å²) in [5.41, 5.74) is 6.47. The Morgan fingerprint density at radius 2 is 2.06 bits per heavy atom. The predicted molar refractivity (Wildman–Crippen MR) is 77.2 cm³/mol. The van der Waals surface area contributed by atoms with Gasteiger partial charge < -0.3 is 15.4 Å². The highest BCUT2D eigenvalue weighted by molar-refractivity contribution is 5.54. The first-order valence-corrected chi connectivity index (χ1v) is 6.76. The first-order chi connectivity index (χ1) is 8.58. The lowest BCUT2D eigenvalue weighted by atomic mass is 10.3. The molecule has 1 aromatic heterocycles. The molecular formula is C14H25N3O. The minimum Gasteiger partial charge on any atom is -0.473 e. The van der Waals surface area contributed by atoms with Gasteiger partial charge in [0.2, 0.25) is 5.88 Å². The Morgan fingerprint density at radius 1 is 1.33 bits per heavy atom. The molecule has 0 atom stereocenters. The van der Waals surface area contributed by atoms with Crippen molar-refractivity contribution in [2.24, 2.45) is 0 Å². The molecule has 0 radical (unpaired) electrons. The van der Waals surface area contributed by atoms with Gasteiger partial charge in [0.1, 0.15) is 5.82 Å². The van der Waals surface area contributed by atoms with Crippen LogP contribution in [0.2, 0.25) is 0 Å². The Labute approximate surface area is 110 Å².